The molecule has 0 atom stereocenters. The highest BCUT2D eigenvalue weighted by molar-refractivity contribution is 7.71. The zero-order valence-electron chi connectivity index (χ0n) is 11.9. The van der Waals surface area contributed by atoms with Crippen LogP contribution in [0.3, 0.4) is 0 Å². The first-order valence-electron chi connectivity index (χ1n) is 5.79. The van der Waals surface area contributed by atoms with E-state index in [1.165, 1.54) is 10.9 Å². The van der Waals surface area contributed by atoms with E-state index in [0.29, 0.717) is 0 Å². The van der Waals surface area contributed by atoms with Crippen LogP contribution in [0.25, 0.3) is 0 Å². The van der Waals surface area contributed by atoms with Crippen molar-refractivity contribution in [3.05, 3.63) is 48.1 Å². The lowest BCUT2D eigenvalue weighted by Gasteiger charge is -1.95. The molecule has 0 N–H and O–H groups in total. The van der Waals surface area contributed by atoms with Gasteiger partial charge in [0.05, 0.1) is 5.37 Å². The highest BCUT2D eigenvalue weighted by atomic mass is 32.2. The number of rotatable bonds is 5. The van der Waals surface area contributed by atoms with Crippen molar-refractivity contribution in [2.75, 3.05) is 0 Å². The van der Waals surface area contributed by atoms with Crippen LogP contribution in [-0.2, 0) is 10.3 Å². The van der Waals surface area contributed by atoms with E-state index in [0.717, 1.165) is 24.0 Å². The van der Waals surface area contributed by atoms with Crippen LogP contribution in [0.5, 0.6) is 0 Å². The van der Waals surface area contributed by atoms with Crippen molar-refractivity contribution in [2.45, 2.75) is 40.5 Å². The summed E-state index contributed by atoms with van der Waals surface area (Å²) in [7, 11) is -2.07. The fraction of sp³-hybridized carbons (Fsp3) is 0.400. The van der Waals surface area contributed by atoms with Gasteiger partial charge in [-0.2, -0.15) is 8.42 Å². The first-order valence-corrected chi connectivity index (χ1v) is 6.93. The Morgan fingerprint density at radius 3 is 2.00 bits per heavy atom. The summed E-state index contributed by atoms with van der Waals surface area (Å²) >= 11 is 0. The molecule has 0 aliphatic carbocycles. The van der Waals surface area contributed by atoms with Crippen molar-refractivity contribution in [3.8, 4) is 0 Å². The van der Waals surface area contributed by atoms with E-state index in [1.54, 1.807) is 12.2 Å². The van der Waals surface area contributed by atoms with Crippen LogP contribution in [0.2, 0.25) is 0 Å². The third-order valence-electron chi connectivity index (χ3n) is 1.90. The lowest BCUT2D eigenvalue weighted by atomic mass is 10.1. The Bertz CT molecular complexity index is 437. The van der Waals surface area contributed by atoms with Gasteiger partial charge < -0.3 is 0 Å². The van der Waals surface area contributed by atoms with Crippen LogP contribution in [0.15, 0.2) is 48.1 Å². The van der Waals surface area contributed by atoms with Crippen LogP contribution in [-0.4, -0.2) is 13.8 Å². The van der Waals surface area contributed by atoms with E-state index in [9.17, 15) is 8.42 Å². The third-order valence-corrected chi connectivity index (χ3v) is 2.26. The van der Waals surface area contributed by atoms with Gasteiger partial charge in [0.2, 0.25) is 10.3 Å². The second kappa shape index (κ2) is 12.1. The molecule has 3 heteroatoms. The molecule has 0 spiro atoms. The molecule has 0 unspecified atom stereocenters. The van der Waals surface area contributed by atoms with E-state index in [1.807, 2.05) is 13.8 Å². The summed E-state index contributed by atoms with van der Waals surface area (Å²) < 4.78 is 20.3. The predicted molar refractivity (Wildman–Crippen MR) is 82.4 cm³/mol. The van der Waals surface area contributed by atoms with E-state index >= 15 is 0 Å². The highest BCUT2D eigenvalue weighted by Crippen LogP contribution is 2.05. The molecule has 2 nitrogen and oxygen atoms in total. The van der Waals surface area contributed by atoms with Gasteiger partial charge in [-0.1, -0.05) is 42.0 Å². The van der Waals surface area contributed by atoms with Gasteiger partial charge in [0.1, 0.15) is 0 Å². The van der Waals surface area contributed by atoms with Crippen molar-refractivity contribution >= 4 is 15.7 Å². The Balaban J connectivity index is 0. The summed E-state index contributed by atoms with van der Waals surface area (Å²) in [5.74, 6) is 0. The van der Waals surface area contributed by atoms with Gasteiger partial charge in [-0.05, 0) is 46.6 Å². The van der Waals surface area contributed by atoms with Crippen LogP contribution in [0, 0.1) is 0 Å². The molecule has 0 heterocycles. The summed E-state index contributed by atoms with van der Waals surface area (Å²) in [5.41, 5.74) is 3.40. The number of allylic oxidation sites excluding steroid dienone is 6. The van der Waals surface area contributed by atoms with Gasteiger partial charge in [0, 0.05) is 0 Å². The molecular formula is C15H24O2S. The van der Waals surface area contributed by atoms with Crippen molar-refractivity contribution in [2.24, 2.45) is 0 Å². The summed E-state index contributed by atoms with van der Waals surface area (Å²) in [5, 5.41) is 1.18. The molecule has 0 aliphatic rings. The maximum Gasteiger partial charge on any atom is 0.214 e. The lowest BCUT2D eigenvalue weighted by molar-refractivity contribution is 0.627. The fourth-order valence-electron chi connectivity index (χ4n) is 0.844. The minimum atomic E-state index is -2.07. The lowest BCUT2D eigenvalue weighted by Crippen LogP contribution is -1.78. The van der Waals surface area contributed by atoms with Crippen LogP contribution in [0.4, 0.5) is 0 Å². The predicted octanol–water partition coefficient (Wildman–Crippen LogP) is 4.11. The molecule has 0 saturated heterocycles. The average Bonchev–Trinajstić information content (AvgIpc) is 2.26. The van der Waals surface area contributed by atoms with E-state index in [4.69, 9.17) is 0 Å². The van der Waals surface area contributed by atoms with Crippen LogP contribution in [0.1, 0.15) is 40.5 Å². The van der Waals surface area contributed by atoms with Gasteiger partial charge in [-0.25, -0.2) is 0 Å². The van der Waals surface area contributed by atoms with Crippen molar-refractivity contribution in [1.29, 1.82) is 0 Å². The summed E-state index contributed by atoms with van der Waals surface area (Å²) in [6.07, 6.45) is 7.40. The molecule has 102 valence electrons. The molecule has 0 rings (SSSR count). The van der Waals surface area contributed by atoms with Gasteiger partial charge in [0.15, 0.2) is 0 Å². The third kappa shape index (κ3) is 20.1. The molecule has 0 aromatic carbocycles. The summed E-state index contributed by atoms with van der Waals surface area (Å²) in [6.45, 7) is 15.0. The van der Waals surface area contributed by atoms with Gasteiger partial charge in [0.25, 0.3) is 0 Å². The SMILES string of the molecule is C=CC(=C)C.CC(C)=CCCC(C)=CC=S(=O)=O. The highest BCUT2D eigenvalue weighted by Gasteiger charge is 1.86. The van der Waals surface area contributed by atoms with Gasteiger partial charge in [-0.15, -0.1) is 0 Å². The maximum absolute atomic E-state index is 10.2. The van der Waals surface area contributed by atoms with Gasteiger partial charge in [-0.3, -0.25) is 0 Å². The molecule has 0 aliphatic heterocycles. The first kappa shape index (κ1) is 19.0. The topological polar surface area (TPSA) is 34.1 Å². The van der Waals surface area contributed by atoms with Crippen LogP contribution >= 0.6 is 0 Å². The zero-order chi connectivity index (χ0) is 14.6. The quantitative estimate of drug-likeness (QED) is 0.325. The largest absolute Gasteiger partial charge is 0.214 e. The molecule has 0 aromatic rings. The zero-order valence-corrected chi connectivity index (χ0v) is 12.7. The van der Waals surface area contributed by atoms with Crippen molar-refractivity contribution < 1.29 is 8.42 Å². The molecule has 0 bridgehead atoms. The normalized spacial score (nSPS) is 9.67. The van der Waals surface area contributed by atoms with Crippen molar-refractivity contribution in [1.82, 2.24) is 0 Å². The maximum atomic E-state index is 10.2. The second-order valence-electron chi connectivity index (χ2n) is 4.28. The molecule has 18 heavy (non-hydrogen) atoms. The molecular weight excluding hydrogens is 244 g/mol. The standard InChI is InChI=1S/C10H16O2S.C5H8/c1-9(2)5-4-6-10(3)7-8-13(11)12;1-4-5(2)3/h5,7-8H,4,6H2,1-3H3;4H,1-2H2,3H3. The van der Waals surface area contributed by atoms with Gasteiger partial charge >= 0.3 is 0 Å². The number of hydrogen-bond acceptors (Lipinski definition) is 2. The smallest absolute Gasteiger partial charge is 0.185 e. The van der Waals surface area contributed by atoms with Crippen LogP contribution < -0.4 is 0 Å². The monoisotopic (exact) mass is 268 g/mol. The Morgan fingerprint density at radius 1 is 1.17 bits per heavy atom. The fourth-order valence-corrected chi connectivity index (χ4v) is 1.19. The number of hydrogen-bond donors (Lipinski definition) is 0. The average molecular weight is 268 g/mol. The minimum absolute atomic E-state index is 0.916. The molecule has 0 saturated carbocycles. The Labute approximate surface area is 113 Å². The first-order chi connectivity index (χ1) is 8.29. The Hall–Kier alpha value is -1.35. The van der Waals surface area contributed by atoms with Crippen molar-refractivity contribution in [3.63, 3.8) is 0 Å². The molecule has 0 amide bonds. The molecule has 0 radical (unpaired) electrons. The Kier molecular flexibility index (Phi) is 12.8. The molecule has 0 aromatic heterocycles. The van der Waals surface area contributed by atoms with E-state index < -0.39 is 10.3 Å². The summed E-state index contributed by atoms with van der Waals surface area (Å²) in [6, 6.07) is 0. The molecule has 0 fully saturated rings. The van der Waals surface area contributed by atoms with E-state index in [2.05, 4.69) is 33.1 Å². The minimum Gasteiger partial charge on any atom is -0.185 e. The summed E-state index contributed by atoms with van der Waals surface area (Å²) in [4.78, 5) is 0. The van der Waals surface area contributed by atoms with E-state index in [-0.39, 0.29) is 0 Å². The second-order valence-corrected chi connectivity index (χ2v) is 5.07. The Morgan fingerprint density at radius 2 is 1.67 bits per heavy atom.